The van der Waals surface area contributed by atoms with Crippen molar-refractivity contribution in [1.82, 2.24) is 0 Å². The first-order chi connectivity index (χ1) is 26.3. The van der Waals surface area contributed by atoms with Crippen LogP contribution >= 0.6 is 0 Å². The number of carbonyl (C=O) groups is 2. The van der Waals surface area contributed by atoms with Crippen LogP contribution < -0.4 is 18.6 Å². The molecule has 0 aromatic heterocycles. The number of hydrogen-bond acceptors (Lipinski definition) is 9. The zero-order valence-electron chi connectivity index (χ0n) is 33.1. The smallest absolute Gasteiger partial charge is 0.334 e. The van der Waals surface area contributed by atoms with Crippen LogP contribution in [0.1, 0.15) is 49.4 Å². The molecule has 0 radical (unpaired) electrons. The monoisotopic (exact) mass is 766 g/mol. The average Bonchev–Trinajstić information content (AvgIpc) is 3.18. The van der Waals surface area contributed by atoms with Gasteiger partial charge in [0, 0.05) is 29.7 Å². The van der Waals surface area contributed by atoms with Crippen LogP contribution in [0.5, 0.6) is 23.0 Å². The molecule has 0 spiro atoms. The molecular weight excluding hydrogens is 713 g/mol. The highest BCUT2D eigenvalue weighted by atomic mass is 28.4. The first-order valence-electron chi connectivity index (χ1n) is 18.3. The summed E-state index contributed by atoms with van der Waals surface area (Å²) >= 11 is 0. The molecule has 0 N–H and O–H groups in total. The minimum absolute atomic E-state index is 0.0266. The highest BCUT2D eigenvalue weighted by molar-refractivity contribution is 6.74. The molecule has 292 valence electrons. The maximum Gasteiger partial charge on any atom is 0.334 e. The van der Waals surface area contributed by atoms with Crippen LogP contribution in [0.15, 0.2) is 121 Å². The fraction of sp³-hybridized carbons (Fsp3) is 0.333. The Kier molecular flexibility index (Phi) is 15.7. The Hall–Kier alpha value is -5.32. The van der Waals surface area contributed by atoms with Gasteiger partial charge < -0.3 is 32.8 Å². The van der Waals surface area contributed by atoms with Crippen LogP contribution in [0.25, 0.3) is 0 Å². The largest absolute Gasteiger partial charge is 0.543 e. The summed E-state index contributed by atoms with van der Waals surface area (Å²) in [5.41, 5.74) is 3.69. The molecule has 1 atom stereocenters. The van der Waals surface area contributed by atoms with Crippen LogP contribution in [0, 0.1) is 0 Å². The standard InChI is InChI=1S/C45H54O9Si/c1-9-24-50-44(47)36(26-43(46)49-6)25-38(51-31-35-20-22-37(48-5)23-21-35)27-40-41(53-32-34-18-14-11-15-19-34)28-39(52-30-33-16-12-10-13-17-33)29-42(40)54-55(7,8)45(2,3)4/h9-23,25,28-29,38H,1,24,26-27,30-32H2,2-8H3/b36-25+/t38-/m0/s1. The van der Waals surface area contributed by atoms with Gasteiger partial charge >= 0.3 is 11.9 Å². The van der Waals surface area contributed by atoms with Gasteiger partial charge in [-0.1, -0.05) is 106 Å². The molecule has 10 heteroatoms. The molecule has 4 aromatic rings. The van der Waals surface area contributed by atoms with E-state index in [1.165, 1.54) is 13.2 Å². The summed E-state index contributed by atoms with van der Waals surface area (Å²) in [7, 11) is 0.440. The number of carbonyl (C=O) groups excluding carboxylic acids is 2. The first kappa shape index (κ1) is 42.4. The van der Waals surface area contributed by atoms with Crippen molar-refractivity contribution in [3.8, 4) is 23.0 Å². The molecule has 0 saturated heterocycles. The number of rotatable bonds is 20. The van der Waals surface area contributed by atoms with Crippen molar-refractivity contribution in [3.05, 3.63) is 144 Å². The minimum Gasteiger partial charge on any atom is -0.543 e. The highest BCUT2D eigenvalue weighted by Gasteiger charge is 2.40. The van der Waals surface area contributed by atoms with Gasteiger partial charge in [-0.15, -0.1) is 0 Å². The van der Waals surface area contributed by atoms with Crippen LogP contribution in [0.4, 0.5) is 0 Å². The average molecular weight is 767 g/mol. The van der Waals surface area contributed by atoms with E-state index in [0.717, 1.165) is 22.3 Å². The van der Waals surface area contributed by atoms with Crippen molar-refractivity contribution >= 4 is 20.3 Å². The molecule has 0 heterocycles. The van der Waals surface area contributed by atoms with Crippen molar-refractivity contribution in [3.63, 3.8) is 0 Å². The van der Waals surface area contributed by atoms with E-state index in [0.29, 0.717) is 29.6 Å². The zero-order chi connectivity index (χ0) is 39.8. The predicted octanol–water partition coefficient (Wildman–Crippen LogP) is 9.58. The molecule has 55 heavy (non-hydrogen) atoms. The van der Waals surface area contributed by atoms with Gasteiger partial charge in [0.2, 0.25) is 8.32 Å². The summed E-state index contributed by atoms with van der Waals surface area (Å²) in [5, 5.41) is -0.136. The summed E-state index contributed by atoms with van der Waals surface area (Å²) in [4.78, 5) is 25.9. The predicted molar refractivity (Wildman–Crippen MR) is 217 cm³/mol. The van der Waals surface area contributed by atoms with Crippen molar-refractivity contribution in [2.24, 2.45) is 0 Å². The molecule has 4 aromatic carbocycles. The van der Waals surface area contributed by atoms with Gasteiger partial charge in [0.1, 0.15) is 42.8 Å². The van der Waals surface area contributed by atoms with Gasteiger partial charge in [0.25, 0.3) is 0 Å². The third-order valence-electron chi connectivity index (χ3n) is 9.37. The third-order valence-corrected chi connectivity index (χ3v) is 13.7. The van der Waals surface area contributed by atoms with Crippen molar-refractivity contribution in [2.75, 3.05) is 20.8 Å². The zero-order valence-corrected chi connectivity index (χ0v) is 34.1. The summed E-state index contributed by atoms with van der Waals surface area (Å²) < 4.78 is 42.3. The van der Waals surface area contributed by atoms with Gasteiger partial charge in [-0.2, -0.15) is 0 Å². The maximum absolute atomic E-state index is 13.3. The second-order valence-electron chi connectivity index (χ2n) is 14.5. The van der Waals surface area contributed by atoms with Gasteiger partial charge in [0.05, 0.1) is 33.4 Å². The molecule has 0 fully saturated rings. The van der Waals surface area contributed by atoms with Gasteiger partial charge in [-0.3, -0.25) is 4.79 Å². The summed E-state index contributed by atoms with van der Waals surface area (Å²) in [5.74, 6) is 1.16. The lowest BCUT2D eigenvalue weighted by Crippen LogP contribution is -2.44. The lowest BCUT2D eigenvalue weighted by Gasteiger charge is -2.37. The Balaban J connectivity index is 1.86. The number of ether oxygens (including phenoxy) is 6. The van der Waals surface area contributed by atoms with E-state index in [1.54, 1.807) is 13.2 Å². The van der Waals surface area contributed by atoms with Gasteiger partial charge in [-0.25, -0.2) is 4.79 Å². The third kappa shape index (κ3) is 13.2. The summed E-state index contributed by atoms with van der Waals surface area (Å²) in [6.45, 7) is 15.3. The Labute approximate surface area is 327 Å². The van der Waals surface area contributed by atoms with Crippen LogP contribution in [0.3, 0.4) is 0 Å². The Morgan fingerprint density at radius 1 is 0.764 bits per heavy atom. The number of esters is 2. The van der Waals surface area contributed by atoms with Crippen LogP contribution in [-0.2, 0) is 50.0 Å². The van der Waals surface area contributed by atoms with Crippen LogP contribution in [0.2, 0.25) is 18.1 Å². The Morgan fingerprint density at radius 3 is 1.91 bits per heavy atom. The molecule has 0 bridgehead atoms. The molecule has 4 rings (SSSR count). The second-order valence-corrected chi connectivity index (χ2v) is 19.3. The fourth-order valence-electron chi connectivity index (χ4n) is 5.17. The fourth-order valence-corrected chi connectivity index (χ4v) is 6.21. The van der Waals surface area contributed by atoms with E-state index in [2.05, 4.69) is 40.4 Å². The normalized spacial score (nSPS) is 12.3. The van der Waals surface area contributed by atoms with Crippen molar-refractivity contribution in [2.45, 2.75) is 77.7 Å². The molecule has 9 nitrogen and oxygen atoms in total. The maximum atomic E-state index is 13.3. The molecular formula is C45H54O9Si. The lowest BCUT2D eigenvalue weighted by molar-refractivity contribution is -0.144. The van der Waals surface area contributed by atoms with E-state index in [-0.39, 0.29) is 43.3 Å². The van der Waals surface area contributed by atoms with E-state index >= 15 is 0 Å². The topological polar surface area (TPSA) is 98.8 Å². The van der Waals surface area contributed by atoms with E-state index in [1.807, 2.05) is 97.1 Å². The molecule has 0 amide bonds. The number of methoxy groups -OCH3 is 2. The molecule has 0 saturated carbocycles. The molecule has 0 unspecified atom stereocenters. The molecule has 0 aliphatic rings. The molecule has 0 aliphatic carbocycles. The van der Waals surface area contributed by atoms with Gasteiger partial charge in [0.15, 0.2) is 0 Å². The summed E-state index contributed by atoms with van der Waals surface area (Å²) in [6.07, 6.45) is 2.24. The van der Waals surface area contributed by atoms with E-state index in [9.17, 15) is 9.59 Å². The number of hydrogen-bond donors (Lipinski definition) is 0. The number of benzene rings is 4. The van der Waals surface area contributed by atoms with Crippen molar-refractivity contribution < 1.29 is 42.4 Å². The van der Waals surface area contributed by atoms with Gasteiger partial charge in [-0.05, 0) is 53.0 Å². The van der Waals surface area contributed by atoms with E-state index < -0.39 is 26.4 Å². The lowest BCUT2D eigenvalue weighted by atomic mass is 10.0. The summed E-state index contributed by atoms with van der Waals surface area (Å²) in [6, 6.07) is 31.1. The minimum atomic E-state index is -2.44. The van der Waals surface area contributed by atoms with E-state index in [4.69, 9.17) is 32.8 Å². The molecule has 0 aliphatic heterocycles. The SMILES string of the molecule is C=CCOC(=O)/C(=C/[C@@H](Cc1c(OCc2ccccc2)cc(OCc2ccccc2)cc1O[Si](C)(C)C(C)(C)C)OCc1ccc(OC)cc1)CC(=O)OC. The first-order valence-corrected chi connectivity index (χ1v) is 21.2. The Bertz CT molecular complexity index is 1860. The second kappa shape index (κ2) is 20.4. The highest BCUT2D eigenvalue weighted by Crippen LogP contribution is 2.43. The van der Waals surface area contributed by atoms with Crippen molar-refractivity contribution in [1.29, 1.82) is 0 Å². The quantitative estimate of drug-likeness (QED) is 0.0377. The van der Waals surface area contributed by atoms with Crippen LogP contribution in [-0.4, -0.2) is 47.2 Å². The Morgan fingerprint density at radius 2 is 1.35 bits per heavy atom.